The molecule has 1 atom stereocenters. The second-order valence-electron chi connectivity index (χ2n) is 5.30. The van der Waals surface area contributed by atoms with Gasteiger partial charge in [0.25, 0.3) is 0 Å². The highest BCUT2D eigenvalue weighted by molar-refractivity contribution is 5.70. The molecule has 0 aliphatic heterocycles. The number of esters is 1. The molecule has 1 aliphatic carbocycles. The average Bonchev–Trinajstić information content (AvgIpc) is 3.31. The summed E-state index contributed by atoms with van der Waals surface area (Å²) < 4.78 is 15.4. The molecule has 1 unspecified atom stereocenters. The molecular weight excluding hydrogens is 270 g/mol. The summed E-state index contributed by atoms with van der Waals surface area (Å²) in [6, 6.07) is 6.35. The molecule has 0 heterocycles. The van der Waals surface area contributed by atoms with Crippen molar-refractivity contribution >= 4 is 5.97 Å². The van der Waals surface area contributed by atoms with Crippen LogP contribution in [0.1, 0.15) is 24.8 Å². The van der Waals surface area contributed by atoms with Crippen LogP contribution in [0.3, 0.4) is 0 Å². The number of carbonyl (C=O) groups excluding carboxylic acids is 1. The maximum Gasteiger partial charge on any atom is 0.307 e. The fraction of sp³-hybridized carbons (Fsp3) is 0.562. The van der Waals surface area contributed by atoms with Gasteiger partial charge in [0, 0.05) is 18.2 Å². The topological polar surface area (TPSA) is 56.8 Å². The van der Waals surface area contributed by atoms with E-state index in [4.69, 9.17) is 14.2 Å². The molecule has 0 saturated heterocycles. The highest BCUT2D eigenvalue weighted by Gasteiger charge is 2.26. The molecule has 1 aromatic carbocycles. The Morgan fingerprint density at radius 3 is 2.62 bits per heavy atom. The number of methoxy groups -OCH3 is 3. The second-order valence-corrected chi connectivity index (χ2v) is 5.30. The monoisotopic (exact) mass is 293 g/mol. The zero-order chi connectivity index (χ0) is 15.2. The quantitative estimate of drug-likeness (QED) is 0.742. The number of hydrogen-bond donors (Lipinski definition) is 1. The first-order chi connectivity index (χ1) is 10.2. The molecule has 5 nitrogen and oxygen atoms in total. The van der Waals surface area contributed by atoms with Gasteiger partial charge in [-0.1, -0.05) is 6.07 Å². The number of rotatable bonds is 8. The summed E-state index contributed by atoms with van der Waals surface area (Å²) in [7, 11) is 4.69. The largest absolute Gasteiger partial charge is 0.497 e. The minimum absolute atomic E-state index is 0.0623. The SMILES string of the molecule is COC(=O)CC(Cc1ccc(OC)cc1OC)NC1CC1. The third kappa shape index (κ3) is 4.63. The van der Waals surface area contributed by atoms with Gasteiger partial charge in [-0.05, 0) is 30.9 Å². The van der Waals surface area contributed by atoms with Crippen molar-refractivity contribution in [2.75, 3.05) is 21.3 Å². The lowest BCUT2D eigenvalue weighted by atomic mass is 10.0. The molecule has 0 aromatic heterocycles. The summed E-state index contributed by atoms with van der Waals surface area (Å²) >= 11 is 0. The van der Waals surface area contributed by atoms with E-state index >= 15 is 0 Å². The van der Waals surface area contributed by atoms with Crippen molar-refractivity contribution in [2.45, 2.75) is 37.8 Å². The summed E-state index contributed by atoms with van der Waals surface area (Å²) in [5, 5.41) is 3.50. The normalized spacial score (nSPS) is 15.4. The zero-order valence-corrected chi connectivity index (χ0v) is 12.8. The van der Waals surface area contributed by atoms with Crippen LogP contribution in [-0.4, -0.2) is 39.4 Å². The molecule has 116 valence electrons. The Morgan fingerprint density at radius 1 is 1.29 bits per heavy atom. The maximum atomic E-state index is 11.6. The Bertz CT molecular complexity index is 485. The van der Waals surface area contributed by atoms with E-state index in [9.17, 15) is 4.79 Å². The Labute approximate surface area is 125 Å². The third-order valence-electron chi connectivity index (χ3n) is 3.65. The van der Waals surface area contributed by atoms with Gasteiger partial charge in [0.1, 0.15) is 11.5 Å². The molecule has 0 amide bonds. The number of benzene rings is 1. The number of carbonyl (C=O) groups is 1. The summed E-state index contributed by atoms with van der Waals surface area (Å²) in [6.45, 7) is 0. The Hall–Kier alpha value is -1.75. The van der Waals surface area contributed by atoms with E-state index < -0.39 is 0 Å². The number of hydrogen-bond acceptors (Lipinski definition) is 5. The predicted octanol–water partition coefficient (Wildman–Crippen LogP) is 1.93. The lowest BCUT2D eigenvalue weighted by Gasteiger charge is -2.19. The predicted molar refractivity (Wildman–Crippen MR) is 79.8 cm³/mol. The van der Waals surface area contributed by atoms with Crippen molar-refractivity contribution < 1.29 is 19.0 Å². The van der Waals surface area contributed by atoms with Crippen molar-refractivity contribution in [1.29, 1.82) is 0 Å². The molecule has 1 aliphatic rings. The molecule has 0 radical (unpaired) electrons. The van der Waals surface area contributed by atoms with E-state index in [2.05, 4.69) is 5.32 Å². The van der Waals surface area contributed by atoms with Crippen LogP contribution in [0.4, 0.5) is 0 Å². The van der Waals surface area contributed by atoms with Crippen LogP contribution in [0, 0.1) is 0 Å². The van der Waals surface area contributed by atoms with Gasteiger partial charge in [0.05, 0.1) is 27.8 Å². The molecule has 0 spiro atoms. The Kier molecular flexibility index (Phi) is 5.44. The van der Waals surface area contributed by atoms with Crippen LogP contribution in [0.15, 0.2) is 18.2 Å². The smallest absolute Gasteiger partial charge is 0.307 e. The van der Waals surface area contributed by atoms with Gasteiger partial charge in [-0.3, -0.25) is 4.79 Å². The summed E-state index contributed by atoms with van der Waals surface area (Å²) in [5.74, 6) is 1.35. The van der Waals surface area contributed by atoms with Gasteiger partial charge in [-0.15, -0.1) is 0 Å². The molecule has 2 rings (SSSR count). The van der Waals surface area contributed by atoms with Gasteiger partial charge >= 0.3 is 5.97 Å². The molecule has 5 heteroatoms. The molecule has 21 heavy (non-hydrogen) atoms. The van der Waals surface area contributed by atoms with Crippen LogP contribution in [0.2, 0.25) is 0 Å². The maximum absolute atomic E-state index is 11.6. The first-order valence-corrected chi connectivity index (χ1v) is 7.20. The van der Waals surface area contributed by atoms with Gasteiger partial charge < -0.3 is 19.5 Å². The third-order valence-corrected chi connectivity index (χ3v) is 3.65. The first kappa shape index (κ1) is 15.6. The number of ether oxygens (including phenoxy) is 3. The van der Waals surface area contributed by atoms with E-state index in [0.29, 0.717) is 12.5 Å². The van der Waals surface area contributed by atoms with E-state index in [1.807, 2.05) is 18.2 Å². The molecule has 1 N–H and O–H groups in total. The Balaban J connectivity index is 2.08. The summed E-state index contributed by atoms with van der Waals surface area (Å²) in [4.78, 5) is 11.6. The first-order valence-electron chi connectivity index (χ1n) is 7.20. The summed E-state index contributed by atoms with van der Waals surface area (Å²) in [6.07, 6.45) is 3.44. The van der Waals surface area contributed by atoms with Gasteiger partial charge in [0.15, 0.2) is 0 Å². The lowest BCUT2D eigenvalue weighted by molar-refractivity contribution is -0.141. The highest BCUT2D eigenvalue weighted by Crippen LogP contribution is 2.27. The Morgan fingerprint density at radius 2 is 2.05 bits per heavy atom. The molecular formula is C16H23NO4. The molecule has 1 saturated carbocycles. The van der Waals surface area contributed by atoms with Crippen molar-refractivity contribution in [3.63, 3.8) is 0 Å². The highest BCUT2D eigenvalue weighted by atomic mass is 16.5. The van der Waals surface area contributed by atoms with Gasteiger partial charge in [-0.25, -0.2) is 0 Å². The van der Waals surface area contributed by atoms with Crippen LogP contribution < -0.4 is 14.8 Å². The number of nitrogens with one attached hydrogen (secondary N) is 1. The lowest BCUT2D eigenvalue weighted by Crippen LogP contribution is -2.35. The fourth-order valence-corrected chi connectivity index (χ4v) is 2.34. The van der Waals surface area contributed by atoms with Crippen LogP contribution in [0.5, 0.6) is 11.5 Å². The van der Waals surface area contributed by atoms with Gasteiger partial charge in [0.2, 0.25) is 0 Å². The molecule has 1 aromatic rings. The van der Waals surface area contributed by atoms with Crippen molar-refractivity contribution in [3.05, 3.63) is 23.8 Å². The molecule has 1 fully saturated rings. The van der Waals surface area contributed by atoms with E-state index in [1.54, 1.807) is 14.2 Å². The van der Waals surface area contributed by atoms with Crippen molar-refractivity contribution in [1.82, 2.24) is 5.32 Å². The van der Waals surface area contributed by atoms with E-state index in [-0.39, 0.29) is 12.0 Å². The van der Waals surface area contributed by atoms with E-state index in [1.165, 1.54) is 20.0 Å². The van der Waals surface area contributed by atoms with Crippen molar-refractivity contribution in [2.24, 2.45) is 0 Å². The summed E-state index contributed by atoms with van der Waals surface area (Å²) in [5.41, 5.74) is 1.06. The van der Waals surface area contributed by atoms with Crippen LogP contribution in [0.25, 0.3) is 0 Å². The van der Waals surface area contributed by atoms with Crippen LogP contribution >= 0.6 is 0 Å². The van der Waals surface area contributed by atoms with Crippen LogP contribution in [-0.2, 0) is 16.0 Å². The average molecular weight is 293 g/mol. The van der Waals surface area contributed by atoms with Crippen molar-refractivity contribution in [3.8, 4) is 11.5 Å². The minimum Gasteiger partial charge on any atom is -0.497 e. The second kappa shape index (κ2) is 7.31. The molecule has 0 bridgehead atoms. The van der Waals surface area contributed by atoms with Gasteiger partial charge in [-0.2, -0.15) is 0 Å². The minimum atomic E-state index is -0.194. The standard InChI is InChI=1S/C16H23NO4/c1-19-14-7-4-11(15(10-14)20-2)8-13(9-16(18)21-3)17-12-5-6-12/h4,7,10,12-13,17H,5-6,8-9H2,1-3H3. The van der Waals surface area contributed by atoms with E-state index in [0.717, 1.165) is 23.5 Å². The fourth-order valence-electron chi connectivity index (χ4n) is 2.34. The zero-order valence-electron chi connectivity index (χ0n) is 12.8.